The number of fused-ring (bicyclic) bond motifs is 1. The Hall–Kier alpha value is -2.83. The molecule has 2 heterocycles. The number of aryl methyl sites for hydroxylation is 1. The van der Waals surface area contributed by atoms with E-state index in [-0.39, 0.29) is 18.1 Å². The number of benzene rings is 2. The van der Waals surface area contributed by atoms with Gasteiger partial charge in [0.25, 0.3) is 0 Å². The summed E-state index contributed by atoms with van der Waals surface area (Å²) in [6.45, 7) is 6.57. The van der Waals surface area contributed by atoms with Crippen molar-refractivity contribution in [2.75, 3.05) is 27.4 Å². The molecule has 3 aromatic rings. The molecule has 1 fully saturated rings. The Morgan fingerprint density at radius 1 is 1.19 bits per heavy atom. The molecule has 0 spiro atoms. The lowest BCUT2D eigenvalue weighted by Gasteiger charge is -2.40. The van der Waals surface area contributed by atoms with Gasteiger partial charge >= 0.3 is 5.97 Å². The van der Waals surface area contributed by atoms with Gasteiger partial charge in [0.2, 0.25) is 0 Å². The first kappa shape index (κ1) is 22.4. The third-order valence-electron chi connectivity index (χ3n) is 6.48. The predicted molar refractivity (Wildman–Crippen MR) is 125 cm³/mol. The number of esters is 1. The van der Waals surface area contributed by atoms with Crippen LogP contribution < -0.4 is 4.74 Å². The second-order valence-corrected chi connectivity index (χ2v) is 8.34. The topological polar surface area (TPSA) is 63.8 Å². The molecule has 0 aliphatic carbocycles. The zero-order valence-electron chi connectivity index (χ0n) is 19.3. The zero-order valence-corrected chi connectivity index (χ0v) is 19.3. The summed E-state index contributed by atoms with van der Waals surface area (Å²) in [6, 6.07) is 12.2. The lowest BCUT2D eigenvalue weighted by molar-refractivity contribution is -0.0138. The molecule has 1 N–H and O–H groups in total. The first-order valence-electron chi connectivity index (χ1n) is 11.2. The number of ether oxygens (including phenoxy) is 3. The molecule has 2 unspecified atom stereocenters. The van der Waals surface area contributed by atoms with Gasteiger partial charge in [-0.2, -0.15) is 0 Å². The maximum absolute atomic E-state index is 11.9. The number of carbonyl (C=O) groups excluding carboxylic acids is 1. The Labute approximate surface area is 189 Å². The smallest absolute Gasteiger partial charge is 0.337 e. The van der Waals surface area contributed by atoms with E-state index in [0.717, 1.165) is 37.2 Å². The van der Waals surface area contributed by atoms with Crippen LogP contribution in [0.4, 0.5) is 0 Å². The fourth-order valence-corrected chi connectivity index (χ4v) is 4.85. The van der Waals surface area contributed by atoms with Gasteiger partial charge in [-0.1, -0.05) is 12.1 Å². The highest BCUT2D eigenvalue weighted by Gasteiger charge is 2.31. The summed E-state index contributed by atoms with van der Waals surface area (Å²) in [6.07, 6.45) is 4.13. The molecule has 0 saturated carbocycles. The average molecular weight is 437 g/mol. The molecule has 2 aromatic carbocycles. The number of nitrogens with one attached hydrogen (secondary N) is 1. The van der Waals surface area contributed by atoms with Gasteiger partial charge in [0.1, 0.15) is 5.75 Å². The normalized spacial score (nSPS) is 19.2. The second-order valence-electron chi connectivity index (χ2n) is 8.34. The van der Waals surface area contributed by atoms with E-state index in [1.165, 1.54) is 29.2 Å². The van der Waals surface area contributed by atoms with Crippen molar-refractivity contribution in [3.8, 4) is 5.75 Å². The van der Waals surface area contributed by atoms with Crippen LogP contribution in [-0.2, 0) is 16.0 Å². The number of H-pyrrole nitrogens is 1. The van der Waals surface area contributed by atoms with Gasteiger partial charge in [-0.15, -0.1) is 0 Å². The summed E-state index contributed by atoms with van der Waals surface area (Å²) in [5.41, 5.74) is 5.27. The lowest BCUT2D eigenvalue weighted by atomic mass is 9.91. The van der Waals surface area contributed by atoms with Crippen molar-refractivity contribution in [2.45, 2.75) is 45.4 Å². The maximum Gasteiger partial charge on any atom is 0.337 e. The fraction of sp³-hybridized carbons (Fsp3) is 0.423. The van der Waals surface area contributed by atoms with Crippen LogP contribution >= 0.6 is 0 Å². The van der Waals surface area contributed by atoms with E-state index >= 15 is 0 Å². The van der Waals surface area contributed by atoms with E-state index in [1.807, 2.05) is 37.4 Å². The van der Waals surface area contributed by atoms with E-state index in [4.69, 9.17) is 14.2 Å². The Balaban J connectivity index is 1.67. The fourth-order valence-electron chi connectivity index (χ4n) is 4.85. The molecule has 4 rings (SSSR count). The number of aromatic nitrogens is 1. The largest absolute Gasteiger partial charge is 0.496 e. The van der Waals surface area contributed by atoms with Gasteiger partial charge in [0.15, 0.2) is 0 Å². The van der Waals surface area contributed by atoms with Crippen molar-refractivity contribution in [3.05, 3.63) is 64.8 Å². The Morgan fingerprint density at radius 3 is 2.66 bits per heavy atom. The number of carbonyl (C=O) groups is 1. The van der Waals surface area contributed by atoms with Crippen LogP contribution in [0.15, 0.2) is 42.6 Å². The van der Waals surface area contributed by atoms with Crippen molar-refractivity contribution in [1.29, 1.82) is 0 Å². The number of rotatable bonds is 7. The number of piperidine rings is 1. The molecule has 0 bridgehead atoms. The number of hydrogen-bond donors (Lipinski definition) is 1. The van der Waals surface area contributed by atoms with Crippen molar-refractivity contribution in [3.63, 3.8) is 0 Å². The summed E-state index contributed by atoms with van der Waals surface area (Å²) >= 11 is 0. The van der Waals surface area contributed by atoms with Gasteiger partial charge in [-0.25, -0.2) is 4.79 Å². The van der Waals surface area contributed by atoms with E-state index in [2.05, 4.69) is 28.9 Å². The minimum atomic E-state index is -0.316. The minimum Gasteiger partial charge on any atom is -0.496 e. The van der Waals surface area contributed by atoms with Crippen molar-refractivity contribution >= 4 is 16.9 Å². The van der Waals surface area contributed by atoms with Gasteiger partial charge in [-0.3, -0.25) is 4.90 Å². The molecule has 6 heteroatoms. The monoisotopic (exact) mass is 436 g/mol. The molecule has 2 atom stereocenters. The molecular formula is C26H32N2O4. The number of nitrogens with zero attached hydrogens (tertiary/aromatic N) is 1. The van der Waals surface area contributed by atoms with Gasteiger partial charge in [-0.05, 0) is 62.1 Å². The molecule has 1 aromatic heterocycles. The molecule has 1 saturated heterocycles. The van der Waals surface area contributed by atoms with Gasteiger partial charge in [0.05, 0.1) is 25.9 Å². The Kier molecular flexibility index (Phi) is 6.82. The molecule has 0 amide bonds. The number of likely N-dealkylation sites (tertiary alicyclic amines) is 1. The highest BCUT2D eigenvalue weighted by atomic mass is 16.5. The number of hydrogen-bond acceptors (Lipinski definition) is 5. The highest BCUT2D eigenvalue weighted by Crippen LogP contribution is 2.37. The molecule has 0 radical (unpaired) electrons. The van der Waals surface area contributed by atoms with Crippen LogP contribution in [0.3, 0.4) is 0 Å². The van der Waals surface area contributed by atoms with E-state index < -0.39 is 0 Å². The summed E-state index contributed by atoms with van der Waals surface area (Å²) < 4.78 is 16.6. The molecular weight excluding hydrogens is 404 g/mol. The number of aromatic amines is 1. The predicted octanol–water partition coefficient (Wildman–Crippen LogP) is 5.01. The van der Waals surface area contributed by atoms with Crippen molar-refractivity contribution in [2.24, 2.45) is 0 Å². The zero-order chi connectivity index (χ0) is 22.7. The van der Waals surface area contributed by atoms with Gasteiger partial charge < -0.3 is 19.2 Å². The highest BCUT2D eigenvalue weighted by molar-refractivity contribution is 5.89. The summed E-state index contributed by atoms with van der Waals surface area (Å²) in [5.74, 6) is 0.602. The molecule has 1 aliphatic heterocycles. The molecule has 6 nitrogen and oxygen atoms in total. The molecule has 1 aliphatic rings. The van der Waals surface area contributed by atoms with Crippen LogP contribution in [0.5, 0.6) is 5.75 Å². The first-order valence-corrected chi connectivity index (χ1v) is 11.2. The quantitative estimate of drug-likeness (QED) is 0.527. The SMILES string of the molecule is CCOC1CCN(Cc2c(OC)cc(C)c3[nH]ccc23)C(c2ccc(C(=O)OC)cc2)C1. The summed E-state index contributed by atoms with van der Waals surface area (Å²) in [7, 11) is 3.14. The van der Waals surface area contributed by atoms with Crippen LogP contribution in [0.2, 0.25) is 0 Å². The standard InChI is InChI=1S/C26H32N2O4/c1-5-32-20-11-13-28(23(15-20)18-6-8-19(9-7-18)26(29)31-4)16-22-21-10-12-27-25(21)17(2)14-24(22)30-3/h6-10,12,14,20,23,27H,5,11,13,15-16H2,1-4H3. The molecule has 170 valence electrons. The molecule has 32 heavy (non-hydrogen) atoms. The van der Waals surface area contributed by atoms with Crippen molar-refractivity contribution < 1.29 is 19.0 Å². The van der Waals surface area contributed by atoms with Crippen molar-refractivity contribution in [1.82, 2.24) is 9.88 Å². The minimum absolute atomic E-state index is 0.187. The second kappa shape index (κ2) is 9.76. The van der Waals surface area contributed by atoms with Gasteiger partial charge in [0, 0.05) is 48.4 Å². The lowest BCUT2D eigenvalue weighted by Crippen LogP contribution is -2.39. The Bertz CT molecular complexity index is 1070. The van der Waals surface area contributed by atoms with E-state index in [9.17, 15) is 4.79 Å². The van der Waals surface area contributed by atoms with E-state index in [0.29, 0.717) is 12.2 Å². The maximum atomic E-state index is 11.9. The van der Waals surface area contributed by atoms with E-state index in [1.54, 1.807) is 7.11 Å². The van der Waals surface area contributed by atoms with Crippen LogP contribution in [0, 0.1) is 6.92 Å². The summed E-state index contributed by atoms with van der Waals surface area (Å²) in [4.78, 5) is 17.7. The van der Waals surface area contributed by atoms with Crippen LogP contribution in [0.25, 0.3) is 10.9 Å². The first-order chi connectivity index (χ1) is 15.5. The third-order valence-corrected chi connectivity index (χ3v) is 6.48. The summed E-state index contributed by atoms with van der Waals surface area (Å²) in [5, 5.41) is 1.20. The van der Waals surface area contributed by atoms with Crippen LogP contribution in [-0.4, -0.2) is 49.3 Å². The Morgan fingerprint density at radius 2 is 1.97 bits per heavy atom. The average Bonchev–Trinajstić information content (AvgIpc) is 3.32. The number of methoxy groups -OCH3 is 2. The third kappa shape index (κ3) is 4.38. The van der Waals surface area contributed by atoms with Crippen LogP contribution in [0.1, 0.15) is 52.9 Å².